The molecule has 0 spiro atoms. The zero-order valence-electron chi connectivity index (χ0n) is 16.6. The van der Waals surface area contributed by atoms with Crippen LogP contribution in [0.3, 0.4) is 0 Å². The Labute approximate surface area is 169 Å². The van der Waals surface area contributed by atoms with Crippen LogP contribution in [-0.2, 0) is 6.42 Å². The van der Waals surface area contributed by atoms with Gasteiger partial charge in [0.1, 0.15) is 11.3 Å². The van der Waals surface area contributed by atoms with Gasteiger partial charge in [-0.25, -0.2) is 15.4 Å². The number of aromatic carboxylic acids is 1. The number of rotatable bonds is 7. The highest BCUT2D eigenvalue weighted by molar-refractivity contribution is 5.98. The largest absolute Gasteiger partial charge is 0.496 e. The summed E-state index contributed by atoms with van der Waals surface area (Å²) in [4.78, 5) is 23.9. The summed E-state index contributed by atoms with van der Waals surface area (Å²) in [5.41, 5.74) is 4.38. The number of hydrogen-bond acceptors (Lipinski definition) is 5. The quantitative estimate of drug-likeness (QED) is 0.214. The third-order valence-corrected chi connectivity index (χ3v) is 4.09. The van der Waals surface area contributed by atoms with E-state index in [0.717, 1.165) is 11.1 Å². The second kappa shape index (κ2) is 10.1. The summed E-state index contributed by atoms with van der Waals surface area (Å²) in [5, 5.41) is 9.86. The molecule has 7 heteroatoms. The monoisotopic (exact) mass is 396 g/mol. The Bertz CT molecular complexity index is 945. The predicted molar refractivity (Wildman–Crippen MR) is 112 cm³/mol. The van der Waals surface area contributed by atoms with E-state index in [9.17, 15) is 14.7 Å². The summed E-state index contributed by atoms with van der Waals surface area (Å²) >= 11 is 0. The molecule has 0 saturated carbocycles. The van der Waals surface area contributed by atoms with Crippen molar-refractivity contribution < 1.29 is 24.2 Å². The lowest BCUT2D eigenvalue weighted by molar-refractivity contribution is 0.0693. The van der Waals surface area contributed by atoms with Gasteiger partial charge in [-0.1, -0.05) is 54.1 Å². The number of hydrogen-bond donors (Lipinski definition) is 3. The highest BCUT2D eigenvalue weighted by atomic mass is 16.6. The zero-order valence-corrected chi connectivity index (χ0v) is 16.6. The minimum Gasteiger partial charge on any atom is -0.496 e. The standard InChI is InChI=1S/C22H24N2O5/c1-14(2)9-12-17-18(28-3)13-16(11-10-15-7-5-4-6-8-15)19(21(25)26)20(17)29-22(27)24-23/h4-11,13H,12,23H2,1-3H3,(H,24,27)(H,25,26). The van der Waals surface area contributed by atoms with Crippen molar-refractivity contribution in [3.8, 4) is 11.5 Å². The summed E-state index contributed by atoms with van der Waals surface area (Å²) in [5.74, 6) is 4.19. The van der Waals surface area contributed by atoms with E-state index in [4.69, 9.17) is 15.3 Å². The minimum atomic E-state index is -1.24. The van der Waals surface area contributed by atoms with Crippen molar-refractivity contribution in [1.29, 1.82) is 0 Å². The van der Waals surface area contributed by atoms with Crippen LogP contribution in [0.4, 0.5) is 4.79 Å². The van der Waals surface area contributed by atoms with Crippen LogP contribution in [0.1, 0.15) is 40.9 Å². The molecule has 1 amide bonds. The van der Waals surface area contributed by atoms with Crippen LogP contribution in [0.5, 0.6) is 11.5 Å². The summed E-state index contributed by atoms with van der Waals surface area (Å²) in [6, 6.07) is 11.0. The van der Waals surface area contributed by atoms with Crippen LogP contribution in [0.25, 0.3) is 12.2 Å². The normalized spacial score (nSPS) is 10.5. The summed E-state index contributed by atoms with van der Waals surface area (Å²) in [7, 11) is 1.47. The fourth-order valence-corrected chi connectivity index (χ4v) is 2.71. The average Bonchev–Trinajstić information content (AvgIpc) is 2.70. The number of carbonyl (C=O) groups excluding carboxylic acids is 1. The van der Waals surface area contributed by atoms with Gasteiger partial charge in [0.2, 0.25) is 0 Å². The second-order valence-electron chi connectivity index (χ2n) is 6.42. The molecule has 0 bridgehead atoms. The lowest BCUT2D eigenvalue weighted by atomic mass is 9.97. The molecule has 0 aliphatic carbocycles. The molecule has 0 saturated heterocycles. The number of carboxylic acid groups (broad SMARTS) is 1. The third kappa shape index (κ3) is 5.70. The number of methoxy groups -OCH3 is 1. The fourth-order valence-electron chi connectivity index (χ4n) is 2.71. The van der Waals surface area contributed by atoms with Crippen LogP contribution in [0.15, 0.2) is 48.0 Å². The summed E-state index contributed by atoms with van der Waals surface area (Å²) < 4.78 is 10.7. The van der Waals surface area contributed by atoms with Gasteiger partial charge in [0.05, 0.1) is 7.11 Å². The van der Waals surface area contributed by atoms with Gasteiger partial charge in [0, 0.05) is 5.56 Å². The molecule has 2 rings (SSSR count). The van der Waals surface area contributed by atoms with Crippen LogP contribution in [0, 0.1) is 0 Å². The van der Waals surface area contributed by atoms with Crippen LogP contribution in [0.2, 0.25) is 0 Å². The smallest absolute Gasteiger partial charge is 0.426 e. The van der Waals surface area contributed by atoms with Crippen molar-refractivity contribution in [2.24, 2.45) is 5.84 Å². The lowest BCUT2D eigenvalue weighted by Gasteiger charge is -2.17. The molecule has 0 unspecified atom stereocenters. The van der Waals surface area contributed by atoms with Crippen LogP contribution in [-0.4, -0.2) is 24.3 Å². The Hall–Kier alpha value is -3.58. The molecule has 4 N–H and O–H groups in total. The van der Waals surface area contributed by atoms with Gasteiger partial charge in [-0.15, -0.1) is 0 Å². The molecule has 0 aliphatic rings. The van der Waals surface area contributed by atoms with E-state index >= 15 is 0 Å². The number of amides is 1. The lowest BCUT2D eigenvalue weighted by Crippen LogP contribution is -2.33. The number of ether oxygens (including phenoxy) is 2. The van der Waals surface area contributed by atoms with Gasteiger partial charge in [0.25, 0.3) is 0 Å². The minimum absolute atomic E-state index is 0.106. The number of nitrogens with two attached hydrogens (primary N) is 1. The molecule has 7 nitrogen and oxygen atoms in total. The van der Waals surface area contributed by atoms with Crippen LogP contribution < -0.4 is 20.7 Å². The molecular weight excluding hydrogens is 372 g/mol. The first-order chi connectivity index (χ1) is 13.9. The first-order valence-electron chi connectivity index (χ1n) is 8.89. The molecule has 0 aromatic heterocycles. The van der Waals surface area contributed by atoms with Gasteiger partial charge in [-0.2, -0.15) is 0 Å². The molecule has 0 atom stereocenters. The fraction of sp³-hybridized carbons (Fsp3) is 0.182. The van der Waals surface area contributed by atoms with E-state index in [0.29, 0.717) is 23.3 Å². The van der Waals surface area contributed by atoms with Gasteiger partial charge in [-0.3, -0.25) is 5.43 Å². The maximum absolute atomic E-state index is 12.1. The highest BCUT2D eigenvalue weighted by Gasteiger charge is 2.25. The predicted octanol–water partition coefficient (Wildman–Crippen LogP) is 4.03. The molecule has 0 fully saturated rings. The molecule has 2 aromatic rings. The Kier molecular flexibility index (Phi) is 7.56. The van der Waals surface area contributed by atoms with E-state index in [1.165, 1.54) is 7.11 Å². The van der Waals surface area contributed by atoms with E-state index in [2.05, 4.69) is 0 Å². The number of benzene rings is 2. The summed E-state index contributed by atoms with van der Waals surface area (Å²) in [6.07, 6.45) is 4.64. The maximum atomic E-state index is 12.1. The van der Waals surface area contributed by atoms with Gasteiger partial charge in [-0.05, 0) is 37.5 Å². The number of hydrazine groups is 1. The van der Waals surface area contributed by atoms with Crippen LogP contribution >= 0.6 is 0 Å². The molecule has 0 heterocycles. The van der Waals surface area contributed by atoms with Crippen molar-refractivity contribution in [2.75, 3.05) is 7.11 Å². The molecule has 29 heavy (non-hydrogen) atoms. The van der Waals surface area contributed by atoms with E-state index in [-0.39, 0.29) is 11.3 Å². The van der Waals surface area contributed by atoms with E-state index in [1.807, 2.05) is 55.7 Å². The topological polar surface area (TPSA) is 111 Å². The molecule has 0 radical (unpaired) electrons. The third-order valence-electron chi connectivity index (χ3n) is 4.09. The Morgan fingerprint density at radius 2 is 1.86 bits per heavy atom. The van der Waals surface area contributed by atoms with Crippen molar-refractivity contribution in [3.63, 3.8) is 0 Å². The maximum Gasteiger partial charge on any atom is 0.426 e. The zero-order chi connectivity index (χ0) is 21.4. The Morgan fingerprint density at radius 1 is 1.17 bits per heavy atom. The van der Waals surface area contributed by atoms with Crippen molar-refractivity contribution in [3.05, 3.63) is 70.3 Å². The Balaban J connectivity index is 2.71. The summed E-state index contributed by atoms with van der Waals surface area (Å²) in [6.45, 7) is 3.82. The van der Waals surface area contributed by atoms with Crippen molar-refractivity contribution >= 4 is 24.2 Å². The highest BCUT2D eigenvalue weighted by Crippen LogP contribution is 2.37. The van der Waals surface area contributed by atoms with Crippen molar-refractivity contribution in [2.45, 2.75) is 20.3 Å². The number of allylic oxidation sites excluding steroid dienone is 2. The van der Waals surface area contributed by atoms with E-state index in [1.54, 1.807) is 18.2 Å². The van der Waals surface area contributed by atoms with Gasteiger partial charge in [0.15, 0.2) is 5.75 Å². The van der Waals surface area contributed by atoms with Gasteiger partial charge >= 0.3 is 12.1 Å². The molecule has 0 aliphatic heterocycles. The molecule has 2 aromatic carbocycles. The Morgan fingerprint density at radius 3 is 2.41 bits per heavy atom. The number of carbonyl (C=O) groups is 2. The molecule has 152 valence electrons. The van der Waals surface area contributed by atoms with E-state index < -0.39 is 12.1 Å². The number of nitrogens with one attached hydrogen (secondary N) is 1. The van der Waals surface area contributed by atoms with Gasteiger partial charge < -0.3 is 14.6 Å². The first-order valence-corrected chi connectivity index (χ1v) is 8.89. The average molecular weight is 396 g/mol. The number of carboxylic acids is 1. The first kappa shape index (κ1) is 21.7. The second-order valence-corrected chi connectivity index (χ2v) is 6.42. The molecular formula is C22H24N2O5. The SMILES string of the molecule is COc1cc(C=Cc2ccccc2)c(C(=O)O)c(OC(=O)NN)c1CC=C(C)C. The van der Waals surface area contributed by atoms with Crippen molar-refractivity contribution in [1.82, 2.24) is 5.43 Å².